The Morgan fingerprint density at radius 2 is 1.93 bits per heavy atom. The second-order valence-corrected chi connectivity index (χ2v) is 5.19. The molecule has 0 aliphatic rings. The van der Waals surface area contributed by atoms with Crippen LogP contribution >= 0.6 is 11.8 Å². The van der Waals surface area contributed by atoms with E-state index in [1.54, 1.807) is 0 Å². The molecule has 1 N–H and O–H groups in total. The fraction of sp³-hybridized carbons (Fsp3) is 0.583. The molecular formula is C12H20N2S. The van der Waals surface area contributed by atoms with E-state index in [1.807, 2.05) is 24.2 Å². The molecule has 1 aromatic heterocycles. The zero-order chi connectivity index (χ0) is 11.1. The molecule has 15 heavy (non-hydrogen) atoms. The first-order valence-corrected chi connectivity index (χ1v) is 6.45. The lowest BCUT2D eigenvalue weighted by atomic mass is 10.1. The first-order valence-electron chi connectivity index (χ1n) is 5.46. The number of thioether (sulfide) groups is 1. The predicted octanol–water partition coefficient (Wildman–Crippen LogP) is 2.81. The summed E-state index contributed by atoms with van der Waals surface area (Å²) in [5, 5.41) is 3.52. The SMILES string of the molecule is CC(C)C(C)NCCSc1ccncc1. The minimum atomic E-state index is 0.600. The number of rotatable bonds is 6. The van der Waals surface area contributed by atoms with E-state index in [4.69, 9.17) is 0 Å². The highest BCUT2D eigenvalue weighted by Gasteiger charge is 2.04. The summed E-state index contributed by atoms with van der Waals surface area (Å²) in [6.45, 7) is 7.79. The average molecular weight is 224 g/mol. The van der Waals surface area contributed by atoms with Crippen molar-refractivity contribution in [3.8, 4) is 0 Å². The van der Waals surface area contributed by atoms with Gasteiger partial charge in [-0.1, -0.05) is 13.8 Å². The van der Waals surface area contributed by atoms with Gasteiger partial charge in [-0.15, -0.1) is 11.8 Å². The van der Waals surface area contributed by atoms with E-state index >= 15 is 0 Å². The molecule has 0 aliphatic carbocycles. The maximum absolute atomic E-state index is 4.00. The van der Waals surface area contributed by atoms with Crippen LogP contribution in [-0.4, -0.2) is 23.3 Å². The third kappa shape index (κ3) is 5.19. The maximum Gasteiger partial charge on any atom is 0.0278 e. The van der Waals surface area contributed by atoms with Crippen LogP contribution in [0.2, 0.25) is 0 Å². The van der Waals surface area contributed by atoms with Crippen molar-refractivity contribution in [1.29, 1.82) is 0 Å². The van der Waals surface area contributed by atoms with Gasteiger partial charge in [0, 0.05) is 35.6 Å². The molecule has 0 saturated heterocycles. The molecule has 0 radical (unpaired) electrons. The van der Waals surface area contributed by atoms with E-state index < -0.39 is 0 Å². The van der Waals surface area contributed by atoms with Gasteiger partial charge in [0.05, 0.1) is 0 Å². The predicted molar refractivity (Wildman–Crippen MR) is 67.3 cm³/mol. The van der Waals surface area contributed by atoms with Crippen LogP contribution in [0.15, 0.2) is 29.4 Å². The Labute approximate surface area is 96.9 Å². The molecule has 3 heteroatoms. The third-order valence-corrected chi connectivity index (χ3v) is 3.50. The molecular weight excluding hydrogens is 204 g/mol. The van der Waals surface area contributed by atoms with Crippen molar-refractivity contribution >= 4 is 11.8 Å². The quantitative estimate of drug-likeness (QED) is 0.594. The summed E-state index contributed by atoms with van der Waals surface area (Å²) < 4.78 is 0. The monoisotopic (exact) mass is 224 g/mol. The van der Waals surface area contributed by atoms with Crippen LogP contribution in [0.25, 0.3) is 0 Å². The average Bonchev–Trinajstić information content (AvgIpc) is 2.25. The normalized spacial score (nSPS) is 13.1. The van der Waals surface area contributed by atoms with E-state index in [0.717, 1.165) is 12.3 Å². The van der Waals surface area contributed by atoms with Gasteiger partial charge < -0.3 is 5.32 Å². The lowest BCUT2D eigenvalue weighted by molar-refractivity contribution is 0.438. The summed E-state index contributed by atoms with van der Waals surface area (Å²) in [7, 11) is 0. The fourth-order valence-electron chi connectivity index (χ4n) is 1.13. The first-order chi connectivity index (χ1) is 7.20. The molecule has 84 valence electrons. The van der Waals surface area contributed by atoms with Gasteiger partial charge in [-0.05, 0) is 25.0 Å². The highest BCUT2D eigenvalue weighted by molar-refractivity contribution is 7.99. The Morgan fingerprint density at radius 3 is 2.53 bits per heavy atom. The Hall–Kier alpha value is -0.540. The van der Waals surface area contributed by atoms with E-state index in [2.05, 4.69) is 43.2 Å². The third-order valence-electron chi connectivity index (χ3n) is 2.49. The minimum absolute atomic E-state index is 0.600. The van der Waals surface area contributed by atoms with Crippen molar-refractivity contribution in [1.82, 2.24) is 10.3 Å². The summed E-state index contributed by atoms with van der Waals surface area (Å²) in [5.41, 5.74) is 0. The van der Waals surface area contributed by atoms with E-state index in [0.29, 0.717) is 12.0 Å². The van der Waals surface area contributed by atoms with E-state index in [9.17, 15) is 0 Å². The highest BCUT2D eigenvalue weighted by Crippen LogP contribution is 2.15. The zero-order valence-corrected chi connectivity index (χ0v) is 10.6. The lowest BCUT2D eigenvalue weighted by Gasteiger charge is -2.16. The largest absolute Gasteiger partial charge is 0.313 e. The molecule has 1 unspecified atom stereocenters. The van der Waals surface area contributed by atoms with Crippen molar-refractivity contribution < 1.29 is 0 Å². The van der Waals surface area contributed by atoms with Crippen LogP contribution in [0.3, 0.4) is 0 Å². The zero-order valence-electron chi connectivity index (χ0n) is 9.73. The lowest BCUT2D eigenvalue weighted by Crippen LogP contribution is -2.32. The fourth-order valence-corrected chi connectivity index (χ4v) is 1.90. The molecule has 0 saturated carbocycles. The second-order valence-electron chi connectivity index (χ2n) is 4.02. The van der Waals surface area contributed by atoms with Gasteiger partial charge in [-0.25, -0.2) is 0 Å². The van der Waals surface area contributed by atoms with Gasteiger partial charge >= 0.3 is 0 Å². The molecule has 0 amide bonds. The summed E-state index contributed by atoms with van der Waals surface area (Å²) >= 11 is 1.87. The summed E-state index contributed by atoms with van der Waals surface area (Å²) in [6, 6.07) is 4.70. The highest BCUT2D eigenvalue weighted by atomic mass is 32.2. The number of hydrogen-bond acceptors (Lipinski definition) is 3. The van der Waals surface area contributed by atoms with Crippen LogP contribution in [0.5, 0.6) is 0 Å². The second kappa shape index (κ2) is 6.85. The van der Waals surface area contributed by atoms with Gasteiger partial charge in [0.25, 0.3) is 0 Å². The maximum atomic E-state index is 4.00. The minimum Gasteiger partial charge on any atom is -0.313 e. The molecule has 0 bridgehead atoms. The van der Waals surface area contributed by atoms with Crippen LogP contribution in [-0.2, 0) is 0 Å². The van der Waals surface area contributed by atoms with Gasteiger partial charge in [-0.2, -0.15) is 0 Å². The van der Waals surface area contributed by atoms with Crippen LogP contribution in [0.1, 0.15) is 20.8 Å². The Kier molecular flexibility index (Phi) is 5.73. The first kappa shape index (κ1) is 12.5. The van der Waals surface area contributed by atoms with Gasteiger partial charge in [0.15, 0.2) is 0 Å². The Bertz CT molecular complexity index is 262. The van der Waals surface area contributed by atoms with Gasteiger partial charge in [0.1, 0.15) is 0 Å². The summed E-state index contributed by atoms with van der Waals surface area (Å²) in [4.78, 5) is 5.29. The molecule has 0 aliphatic heterocycles. The number of aromatic nitrogens is 1. The Balaban J connectivity index is 2.12. The molecule has 1 aromatic rings. The van der Waals surface area contributed by atoms with Crippen molar-refractivity contribution in [3.05, 3.63) is 24.5 Å². The molecule has 1 heterocycles. The van der Waals surface area contributed by atoms with Crippen LogP contribution < -0.4 is 5.32 Å². The van der Waals surface area contributed by atoms with Gasteiger partial charge in [0.2, 0.25) is 0 Å². The molecule has 2 nitrogen and oxygen atoms in total. The smallest absolute Gasteiger partial charge is 0.0278 e. The van der Waals surface area contributed by atoms with Crippen LogP contribution in [0.4, 0.5) is 0 Å². The molecule has 0 fully saturated rings. The molecule has 0 aromatic carbocycles. The number of nitrogens with zero attached hydrogens (tertiary/aromatic N) is 1. The topological polar surface area (TPSA) is 24.9 Å². The summed E-state index contributed by atoms with van der Waals surface area (Å²) in [6.07, 6.45) is 3.68. The van der Waals surface area contributed by atoms with E-state index in [1.165, 1.54) is 4.90 Å². The van der Waals surface area contributed by atoms with Crippen molar-refractivity contribution in [2.75, 3.05) is 12.3 Å². The van der Waals surface area contributed by atoms with E-state index in [-0.39, 0.29) is 0 Å². The van der Waals surface area contributed by atoms with Crippen LogP contribution in [0, 0.1) is 5.92 Å². The van der Waals surface area contributed by atoms with Gasteiger partial charge in [-0.3, -0.25) is 4.98 Å². The molecule has 1 rings (SSSR count). The number of nitrogens with one attached hydrogen (secondary N) is 1. The number of pyridine rings is 1. The standard InChI is InChI=1S/C12H20N2S/c1-10(2)11(3)14-8-9-15-12-4-6-13-7-5-12/h4-7,10-11,14H,8-9H2,1-3H3. The molecule has 0 spiro atoms. The molecule has 1 atom stereocenters. The summed E-state index contributed by atoms with van der Waals surface area (Å²) in [5.74, 6) is 1.82. The van der Waals surface area contributed by atoms with Crippen molar-refractivity contribution in [3.63, 3.8) is 0 Å². The van der Waals surface area contributed by atoms with Crippen molar-refractivity contribution in [2.45, 2.75) is 31.7 Å². The van der Waals surface area contributed by atoms with Crippen molar-refractivity contribution in [2.24, 2.45) is 5.92 Å². The number of hydrogen-bond donors (Lipinski definition) is 1. The Morgan fingerprint density at radius 1 is 1.27 bits per heavy atom.